The van der Waals surface area contributed by atoms with Gasteiger partial charge in [0.2, 0.25) is 23.6 Å². The van der Waals surface area contributed by atoms with Crippen molar-refractivity contribution in [3.8, 4) is 11.1 Å². The minimum atomic E-state index is -1.14. The fourth-order valence-electron chi connectivity index (χ4n) is 8.81. The van der Waals surface area contributed by atoms with E-state index in [0.29, 0.717) is 43.5 Å². The van der Waals surface area contributed by atoms with Gasteiger partial charge in [-0.3, -0.25) is 24.0 Å². The van der Waals surface area contributed by atoms with Crippen LogP contribution in [0.4, 0.5) is 0 Å². The van der Waals surface area contributed by atoms with Gasteiger partial charge in [-0.05, 0) is 97.9 Å². The Morgan fingerprint density at radius 1 is 0.897 bits per heavy atom. The zero-order chi connectivity index (χ0) is 41.3. The van der Waals surface area contributed by atoms with E-state index in [1.165, 1.54) is 5.56 Å². The Labute approximate surface area is 342 Å². The highest BCUT2D eigenvalue weighted by Gasteiger charge is 2.67. The molecule has 2 bridgehead atoms. The summed E-state index contributed by atoms with van der Waals surface area (Å²) in [7, 11) is -0.593. The van der Waals surface area contributed by atoms with Crippen LogP contribution in [0.25, 0.3) is 11.1 Å². The Hall–Kier alpha value is -4.31. The van der Waals surface area contributed by atoms with Gasteiger partial charge in [-0.25, -0.2) is 0 Å². The van der Waals surface area contributed by atoms with Gasteiger partial charge in [0.25, 0.3) is 5.91 Å². The Kier molecular flexibility index (Phi) is 14.6. The predicted octanol–water partition coefficient (Wildman–Crippen LogP) is 3.11. The molecule has 3 aliphatic carbocycles. The first kappa shape index (κ1) is 43.3. The molecule has 2 aromatic rings. The molecule has 5 aliphatic rings. The number of rotatable bonds is 11. The molecule has 2 aliphatic heterocycles. The lowest BCUT2D eigenvalue weighted by Crippen LogP contribution is -2.65. The van der Waals surface area contributed by atoms with Crippen LogP contribution in [0.3, 0.4) is 0 Å². The number of nitrogens with one attached hydrogen (secondary N) is 5. The van der Waals surface area contributed by atoms with Crippen molar-refractivity contribution in [1.29, 1.82) is 0 Å². The third kappa shape index (κ3) is 10.6. The summed E-state index contributed by atoms with van der Waals surface area (Å²) in [5, 5.41) is 13.3. The zero-order valence-corrected chi connectivity index (χ0v) is 34.4. The van der Waals surface area contributed by atoms with Gasteiger partial charge in [-0.15, -0.1) is 0 Å². The number of benzene rings is 2. The Morgan fingerprint density at radius 2 is 1.60 bits per heavy atom. The van der Waals surface area contributed by atoms with Crippen LogP contribution < -0.4 is 26.6 Å². The standard InChI is InChI=1S/C43H60BN5O9/c1-5-6-9-28-10-12-29(13-11-28)30-14-16-31(17-15-30)39(52)45-24-38(51)49-34-26-56-20-8-7-19-55-21-18-33(48-37(50)25-46-41(34)54)40(53)47-27-44-57-36-23-32-22-35(42(32,2)3)43(36,4)58-44/h10-17,32-36H,5-9,18-27H2,1-4H3,(H,45,52)(H,46,54)(H,47,53)(H,48,50)(H,49,51)/t32?,33?,34?,35?,36-,43+/m1/s1. The van der Waals surface area contributed by atoms with Crippen LogP contribution in [-0.4, -0.2) is 106 Å². The summed E-state index contributed by atoms with van der Waals surface area (Å²) >= 11 is 0. The van der Waals surface area contributed by atoms with Gasteiger partial charge < -0.3 is 45.4 Å². The number of hydrogen-bond donors (Lipinski definition) is 5. The maximum atomic E-state index is 13.4. The lowest BCUT2D eigenvalue weighted by Gasteiger charge is -2.64. The van der Waals surface area contributed by atoms with Gasteiger partial charge >= 0.3 is 7.12 Å². The molecule has 15 heteroatoms. The van der Waals surface area contributed by atoms with Gasteiger partial charge in [0.05, 0.1) is 37.8 Å². The molecule has 2 saturated heterocycles. The van der Waals surface area contributed by atoms with Gasteiger partial charge in [0.1, 0.15) is 12.1 Å². The van der Waals surface area contributed by atoms with Gasteiger partial charge in [-0.1, -0.05) is 63.6 Å². The topological polar surface area (TPSA) is 182 Å². The monoisotopic (exact) mass is 801 g/mol. The normalized spacial score (nSPS) is 27.6. The summed E-state index contributed by atoms with van der Waals surface area (Å²) in [6, 6.07) is 13.5. The van der Waals surface area contributed by atoms with Crippen molar-refractivity contribution in [3.05, 3.63) is 59.7 Å². The van der Waals surface area contributed by atoms with E-state index in [1.54, 1.807) is 12.1 Å². The highest BCUT2D eigenvalue weighted by molar-refractivity contribution is 6.46. The molecule has 0 radical (unpaired) electrons. The summed E-state index contributed by atoms with van der Waals surface area (Å²) < 4.78 is 24.1. The van der Waals surface area contributed by atoms with Crippen molar-refractivity contribution in [2.24, 2.45) is 17.3 Å². The SMILES string of the molecule is CCCCc1ccc(-c2ccc(C(=O)NCC(=O)NC3COCCCCOCCC(C(=O)NCB4O[C@@H]5CC6CC(C6(C)C)[C@]5(C)O4)NC(=O)CNC3=O)cc2)cc1. The van der Waals surface area contributed by atoms with E-state index in [0.717, 1.165) is 43.2 Å². The number of unbranched alkanes of at least 4 members (excludes halogenated alkanes) is 1. The van der Waals surface area contributed by atoms with E-state index in [-0.39, 0.29) is 44.1 Å². The van der Waals surface area contributed by atoms with E-state index in [2.05, 4.69) is 78.5 Å². The summed E-state index contributed by atoms with van der Waals surface area (Å²) in [4.78, 5) is 65.5. The Balaban J connectivity index is 0.966. The number of carbonyl (C=O) groups is 5. The van der Waals surface area contributed by atoms with Crippen LogP contribution in [-0.2, 0) is 44.4 Å². The van der Waals surface area contributed by atoms with Crippen LogP contribution in [0.1, 0.15) is 88.6 Å². The van der Waals surface area contributed by atoms with Crippen LogP contribution in [0.5, 0.6) is 0 Å². The first-order valence-corrected chi connectivity index (χ1v) is 21.0. The van der Waals surface area contributed by atoms with Crippen molar-refractivity contribution in [2.75, 3.05) is 46.0 Å². The lowest BCUT2D eigenvalue weighted by atomic mass is 9.43. The first-order valence-electron chi connectivity index (χ1n) is 21.0. The fourth-order valence-corrected chi connectivity index (χ4v) is 8.81. The average Bonchev–Trinajstić information content (AvgIpc) is 3.57. The zero-order valence-electron chi connectivity index (χ0n) is 34.4. The number of hydrogen-bond acceptors (Lipinski definition) is 9. The van der Waals surface area contributed by atoms with E-state index in [1.807, 2.05) is 12.1 Å². The second-order valence-corrected chi connectivity index (χ2v) is 16.8. The fraction of sp³-hybridized carbons (Fsp3) is 0.605. The second-order valence-electron chi connectivity index (χ2n) is 16.8. The van der Waals surface area contributed by atoms with Gasteiger partial charge in [-0.2, -0.15) is 0 Å². The maximum absolute atomic E-state index is 13.4. The molecule has 6 atom stereocenters. The molecule has 3 saturated carbocycles. The van der Waals surface area contributed by atoms with Crippen molar-refractivity contribution in [1.82, 2.24) is 26.6 Å². The molecule has 5 N–H and O–H groups in total. The summed E-state index contributed by atoms with van der Waals surface area (Å²) in [5.41, 5.74) is 3.49. The van der Waals surface area contributed by atoms with Crippen LogP contribution in [0.2, 0.25) is 0 Å². The Morgan fingerprint density at radius 3 is 2.31 bits per heavy atom. The minimum absolute atomic E-state index is 0.0178. The molecule has 314 valence electrons. The number of carbonyl (C=O) groups excluding carboxylic acids is 5. The molecule has 58 heavy (non-hydrogen) atoms. The predicted molar refractivity (Wildman–Crippen MR) is 218 cm³/mol. The number of amides is 5. The minimum Gasteiger partial charge on any atom is -0.404 e. The van der Waals surface area contributed by atoms with Gasteiger partial charge in [0.15, 0.2) is 0 Å². The number of aryl methyl sites for hydroxylation is 1. The van der Waals surface area contributed by atoms with Crippen molar-refractivity contribution in [3.63, 3.8) is 0 Å². The van der Waals surface area contributed by atoms with Crippen LogP contribution >= 0.6 is 0 Å². The third-order valence-electron chi connectivity index (χ3n) is 12.5. The Bertz CT molecular complexity index is 1760. The van der Waals surface area contributed by atoms with Crippen molar-refractivity contribution < 1.29 is 42.8 Å². The summed E-state index contributed by atoms with van der Waals surface area (Å²) in [5.74, 6) is -1.70. The largest absolute Gasteiger partial charge is 0.478 e. The molecule has 5 amide bonds. The molecule has 4 unspecified atom stereocenters. The third-order valence-corrected chi connectivity index (χ3v) is 12.5. The molecule has 2 heterocycles. The highest BCUT2D eigenvalue weighted by atomic mass is 16.7. The molecular weight excluding hydrogens is 741 g/mol. The highest BCUT2D eigenvalue weighted by Crippen LogP contribution is 2.65. The first-order chi connectivity index (χ1) is 27.9. The summed E-state index contributed by atoms with van der Waals surface area (Å²) in [6.45, 7) is 8.87. The second kappa shape index (κ2) is 19.6. The van der Waals surface area contributed by atoms with E-state index >= 15 is 0 Å². The average molecular weight is 802 g/mol. The smallest absolute Gasteiger partial charge is 0.404 e. The molecule has 14 nitrogen and oxygen atoms in total. The molecule has 7 rings (SSSR count). The van der Waals surface area contributed by atoms with E-state index in [4.69, 9.17) is 18.8 Å². The molecule has 5 fully saturated rings. The van der Waals surface area contributed by atoms with Crippen molar-refractivity contribution in [2.45, 2.75) is 103 Å². The van der Waals surface area contributed by atoms with E-state index in [9.17, 15) is 24.0 Å². The van der Waals surface area contributed by atoms with Crippen molar-refractivity contribution >= 4 is 36.7 Å². The number of ether oxygens (including phenoxy) is 2. The quantitative estimate of drug-likeness (QED) is 0.214. The molecule has 0 aromatic heterocycles. The van der Waals surface area contributed by atoms with Crippen LogP contribution in [0, 0.1) is 17.3 Å². The summed E-state index contributed by atoms with van der Waals surface area (Å²) in [6.07, 6.45) is 7.04. The van der Waals surface area contributed by atoms with Crippen LogP contribution in [0.15, 0.2) is 48.5 Å². The maximum Gasteiger partial charge on any atom is 0.478 e. The molecular formula is C43H60BN5O9. The lowest BCUT2D eigenvalue weighted by molar-refractivity contribution is -0.199. The molecule has 0 spiro atoms. The van der Waals surface area contributed by atoms with Gasteiger partial charge in [0, 0.05) is 25.4 Å². The molecule has 2 aromatic carbocycles. The van der Waals surface area contributed by atoms with E-state index < -0.39 is 60.9 Å².